The molecule has 3 saturated heterocycles. The Morgan fingerprint density at radius 1 is 1.22 bits per heavy atom. The SMILES string of the molecule is I.c1coc(CCNC(=NCC2CCOC2)N2CCC3(CCOCC3)C2)c1. The van der Waals surface area contributed by atoms with Crippen LogP contribution < -0.4 is 5.32 Å². The summed E-state index contributed by atoms with van der Waals surface area (Å²) in [4.78, 5) is 7.44. The molecule has 4 rings (SSSR count). The van der Waals surface area contributed by atoms with Crippen molar-refractivity contribution in [1.82, 2.24) is 10.2 Å². The van der Waals surface area contributed by atoms with Gasteiger partial charge in [-0.1, -0.05) is 0 Å². The van der Waals surface area contributed by atoms with Crippen LogP contribution in [0.2, 0.25) is 0 Å². The van der Waals surface area contributed by atoms with Crippen molar-refractivity contribution in [2.45, 2.75) is 32.1 Å². The fourth-order valence-electron chi connectivity index (χ4n) is 4.29. The van der Waals surface area contributed by atoms with Crippen molar-refractivity contribution >= 4 is 29.9 Å². The summed E-state index contributed by atoms with van der Waals surface area (Å²) in [5.74, 6) is 2.65. The van der Waals surface area contributed by atoms with Gasteiger partial charge in [0.1, 0.15) is 5.76 Å². The van der Waals surface area contributed by atoms with Gasteiger partial charge in [0.05, 0.1) is 12.9 Å². The molecule has 0 saturated carbocycles. The maximum Gasteiger partial charge on any atom is 0.193 e. The van der Waals surface area contributed by atoms with Crippen LogP contribution in [0.25, 0.3) is 0 Å². The monoisotopic (exact) mass is 489 g/mol. The average molecular weight is 489 g/mol. The third-order valence-corrected chi connectivity index (χ3v) is 6.05. The third kappa shape index (κ3) is 5.60. The number of aliphatic imine (C=N–C) groups is 1. The summed E-state index contributed by atoms with van der Waals surface area (Å²) < 4.78 is 16.5. The predicted octanol–water partition coefficient (Wildman–Crippen LogP) is 2.92. The Hall–Kier alpha value is -0.800. The quantitative estimate of drug-likeness (QED) is 0.392. The molecule has 0 radical (unpaired) electrons. The highest BCUT2D eigenvalue weighted by atomic mass is 127. The van der Waals surface area contributed by atoms with Gasteiger partial charge >= 0.3 is 0 Å². The minimum absolute atomic E-state index is 0. The minimum Gasteiger partial charge on any atom is -0.469 e. The molecular weight excluding hydrogens is 457 g/mol. The van der Waals surface area contributed by atoms with Gasteiger partial charge in [-0.05, 0) is 43.2 Å². The van der Waals surface area contributed by atoms with Crippen molar-refractivity contribution in [2.75, 3.05) is 52.6 Å². The zero-order valence-electron chi connectivity index (χ0n) is 16.0. The summed E-state index contributed by atoms with van der Waals surface area (Å²) in [5, 5.41) is 3.59. The van der Waals surface area contributed by atoms with Crippen LogP contribution >= 0.6 is 24.0 Å². The first-order valence-electron chi connectivity index (χ1n) is 10.0. The normalized spacial score (nSPS) is 25.0. The number of furan rings is 1. The van der Waals surface area contributed by atoms with Crippen LogP contribution in [0.5, 0.6) is 0 Å². The van der Waals surface area contributed by atoms with Crippen molar-refractivity contribution in [3.05, 3.63) is 24.2 Å². The second kappa shape index (κ2) is 10.1. The van der Waals surface area contributed by atoms with Crippen LogP contribution in [0.15, 0.2) is 27.8 Å². The highest BCUT2D eigenvalue weighted by molar-refractivity contribution is 14.0. The van der Waals surface area contributed by atoms with Crippen LogP contribution in [0.3, 0.4) is 0 Å². The largest absolute Gasteiger partial charge is 0.469 e. The summed E-state index contributed by atoms with van der Waals surface area (Å²) in [6.45, 7) is 7.45. The van der Waals surface area contributed by atoms with E-state index in [-0.39, 0.29) is 24.0 Å². The zero-order valence-corrected chi connectivity index (χ0v) is 18.4. The molecule has 27 heavy (non-hydrogen) atoms. The molecule has 3 aliphatic rings. The van der Waals surface area contributed by atoms with Crippen molar-refractivity contribution in [2.24, 2.45) is 16.3 Å². The molecule has 0 amide bonds. The van der Waals surface area contributed by atoms with Gasteiger partial charge in [0, 0.05) is 58.3 Å². The second-order valence-electron chi connectivity index (χ2n) is 7.93. The topological polar surface area (TPSA) is 59.2 Å². The summed E-state index contributed by atoms with van der Waals surface area (Å²) in [5.41, 5.74) is 0.429. The van der Waals surface area contributed by atoms with Crippen LogP contribution in [-0.4, -0.2) is 63.5 Å². The molecule has 1 unspecified atom stereocenters. The number of halogens is 1. The van der Waals surface area contributed by atoms with Gasteiger partial charge in [0.25, 0.3) is 0 Å². The molecule has 0 aromatic carbocycles. The van der Waals surface area contributed by atoms with E-state index in [1.54, 1.807) is 6.26 Å². The lowest BCUT2D eigenvalue weighted by atomic mass is 9.80. The molecule has 1 atom stereocenters. The summed E-state index contributed by atoms with van der Waals surface area (Å²) in [6, 6.07) is 3.97. The van der Waals surface area contributed by atoms with Crippen LogP contribution in [0, 0.1) is 11.3 Å². The third-order valence-electron chi connectivity index (χ3n) is 6.05. The number of likely N-dealkylation sites (tertiary alicyclic amines) is 1. The molecule has 1 N–H and O–H groups in total. The van der Waals surface area contributed by atoms with E-state index in [9.17, 15) is 0 Å². The van der Waals surface area contributed by atoms with Gasteiger partial charge in [0.2, 0.25) is 0 Å². The Bertz CT molecular complexity index is 581. The first-order valence-corrected chi connectivity index (χ1v) is 10.0. The van der Waals surface area contributed by atoms with E-state index in [1.807, 2.05) is 12.1 Å². The fourth-order valence-corrected chi connectivity index (χ4v) is 4.29. The van der Waals surface area contributed by atoms with E-state index in [2.05, 4.69) is 10.2 Å². The molecule has 1 aromatic heterocycles. The van der Waals surface area contributed by atoms with Gasteiger partial charge in [0.15, 0.2) is 5.96 Å². The molecule has 3 aliphatic heterocycles. The Labute approximate surface area is 179 Å². The van der Waals surface area contributed by atoms with Crippen molar-refractivity contribution in [3.63, 3.8) is 0 Å². The predicted molar refractivity (Wildman–Crippen MR) is 116 cm³/mol. The zero-order chi connectivity index (χ0) is 17.7. The number of hydrogen-bond acceptors (Lipinski definition) is 4. The first kappa shape index (κ1) is 20.9. The van der Waals surface area contributed by atoms with Gasteiger partial charge in [-0.25, -0.2) is 0 Å². The molecule has 6 nitrogen and oxygen atoms in total. The van der Waals surface area contributed by atoms with Crippen LogP contribution in [0.1, 0.15) is 31.4 Å². The lowest BCUT2D eigenvalue weighted by Gasteiger charge is -2.33. The maximum atomic E-state index is 5.58. The van der Waals surface area contributed by atoms with E-state index in [4.69, 9.17) is 18.9 Å². The maximum absolute atomic E-state index is 5.58. The second-order valence-corrected chi connectivity index (χ2v) is 7.93. The summed E-state index contributed by atoms with van der Waals surface area (Å²) in [7, 11) is 0. The van der Waals surface area contributed by atoms with Gasteiger partial charge < -0.3 is 24.1 Å². The molecule has 1 spiro atoms. The Morgan fingerprint density at radius 3 is 2.85 bits per heavy atom. The number of ether oxygens (including phenoxy) is 2. The molecule has 1 aromatic rings. The van der Waals surface area contributed by atoms with Crippen LogP contribution in [-0.2, 0) is 15.9 Å². The number of rotatable bonds is 5. The van der Waals surface area contributed by atoms with E-state index in [1.165, 1.54) is 19.3 Å². The molecular formula is C20H32IN3O3. The van der Waals surface area contributed by atoms with E-state index >= 15 is 0 Å². The number of nitrogens with one attached hydrogen (secondary N) is 1. The number of guanidine groups is 1. The van der Waals surface area contributed by atoms with E-state index in [0.717, 1.165) is 77.2 Å². The van der Waals surface area contributed by atoms with Gasteiger partial charge in [-0.2, -0.15) is 0 Å². The van der Waals surface area contributed by atoms with E-state index in [0.29, 0.717) is 11.3 Å². The number of hydrogen-bond donors (Lipinski definition) is 1. The molecule has 3 fully saturated rings. The molecule has 0 aliphatic carbocycles. The Morgan fingerprint density at radius 2 is 2.11 bits per heavy atom. The molecule has 152 valence electrons. The number of nitrogens with zero attached hydrogens (tertiary/aromatic N) is 2. The lowest BCUT2D eigenvalue weighted by Crippen LogP contribution is -2.43. The minimum atomic E-state index is 0. The Balaban J connectivity index is 0.00000210. The highest BCUT2D eigenvalue weighted by Gasteiger charge is 2.40. The van der Waals surface area contributed by atoms with Crippen molar-refractivity contribution in [1.29, 1.82) is 0 Å². The van der Waals surface area contributed by atoms with Crippen molar-refractivity contribution < 1.29 is 13.9 Å². The van der Waals surface area contributed by atoms with E-state index < -0.39 is 0 Å². The fraction of sp³-hybridized carbons (Fsp3) is 0.750. The van der Waals surface area contributed by atoms with Crippen LogP contribution in [0.4, 0.5) is 0 Å². The van der Waals surface area contributed by atoms with Gasteiger partial charge in [-0.15, -0.1) is 24.0 Å². The summed E-state index contributed by atoms with van der Waals surface area (Å²) >= 11 is 0. The average Bonchev–Trinajstić information content (AvgIpc) is 3.42. The summed E-state index contributed by atoms with van der Waals surface area (Å²) in [6.07, 6.45) is 7.36. The highest BCUT2D eigenvalue weighted by Crippen LogP contribution is 2.39. The molecule has 7 heteroatoms. The first-order chi connectivity index (χ1) is 12.8. The molecule has 4 heterocycles. The van der Waals surface area contributed by atoms with Gasteiger partial charge in [-0.3, -0.25) is 4.99 Å². The Kier molecular flexibility index (Phi) is 7.84. The van der Waals surface area contributed by atoms with Crippen molar-refractivity contribution in [3.8, 4) is 0 Å². The molecule has 0 bridgehead atoms. The standard InChI is InChI=1S/C20H31N3O3.HI/c1-2-18(26-10-1)3-8-21-19(22-14-17-4-11-25-15-17)23-9-5-20(16-23)6-12-24-13-7-20;/h1-2,10,17H,3-9,11-16H2,(H,21,22);1H. The lowest BCUT2D eigenvalue weighted by molar-refractivity contribution is 0.0217. The smallest absolute Gasteiger partial charge is 0.193 e.